The Morgan fingerprint density at radius 3 is 2.76 bits per heavy atom. The number of rotatable bonds is 5. The average molecular weight is 311 g/mol. The van der Waals surface area contributed by atoms with Crippen molar-refractivity contribution in [2.75, 3.05) is 12.4 Å². The molecule has 0 saturated carbocycles. The van der Waals surface area contributed by atoms with Crippen molar-refractivity contribution in [1.82, 2.24) is 0 Å². The van der Waals surface area contributed by atoms with Gasteiger partial charge in [0.05, 0.1) is 22.7 Å². The fraction of sp³-hybridized carbons (Fsp3) is 0.143. The molecule has 0 spiro atoms. The topological polar surface area (TPSA) is 64.4 Å². The summed E-state index contributed by atoms with van der Waals surface area (Å²) in [7, 11) is 1.46. The second-order valence-corrected chi connectivity index (χ2v) is 4.61. The molecule has 0 aliphatic carbocycles. The Kier molecular flexibility index (Phi) is 4.59. The Bertz CT molecular complexity index is 659. The monoisotopic (exact) mass is 310 g/mol. The van der Waals surface area contributed by atoms with Crippen LogP contribution in [-0.4, -0.2) is 12.0 Å². The Morgan fingerprint density at radius 1 is 1.38 bits per heavy atom. The third-order valence-electron chi connectivity index (χ3n) is 2.89. The van der Waals surface area contributed by atoms with Crippen molar-refractivity contribution >= 4 is 23.0 Å². The maximum Gasteiger partial charge on any atom is 0.270 e. The van der Waals surface area contributed by atoms with E-state index < -0.39 is 10.7 Å². The number of benzene rings is 2. The van der Waals surface area contributed by atoms with Crippen molar-refractivity contribution in [1.29, 1.82) is 0 Å². The maximum atomic E-state index is 13.7. The van der Waals surface area contributed by atoms with Gasteiger partial charge in [-0.25, -0.2) is 4.39 Å². The summed E-state index contributed by atoms with van der Waals surface area (Å²) in [5.74, 6) is -0.0209. The zero-order valence-corrected chi connectivity index (χ0v) is 11.9. The summed E-state index contributed by atoms with van der Waals surface area (Å²) >= 11 is 5.91. The number of anilines is 1. The number of nitrogens with zero attached hydrogens (tertiary/aromatic N) is 1. The van der Waals surface area contributed by atoms with Crippen LogP contribution in [0.1, 0.15) is 5.56 Å². The number of hydrogen-bond donors (Lipinski definition) is 1. The standard InChI is InChI=1S/C14H12ClFN2O3/c1-21-13-6-5-10(18(19)20)7-9(13)8-17-14-11(15)3-2-4-12(14)16/h2-7,17H,8H2,1H3. The summed E-state index contributed by atoms with van der Waals surface area (Å²) in [6.07, 6.45) is 0. The van der Waals surface area contributed by atoms with Crippen molar-refractivity contribution < 1.29 is 14.1 Å². The smallest absolute Gasteiger partial charge is 0.270 e. The SMILES string of the molecule is COc1ccc([N+](=O)[O-])cc1CNc1c(F)cccc1Cl. The Hall–Kier alpha value is -2.34. The van der Waals surface area contributed by atoms with Crippen molar-refractivity contribution in [2.45, 2.75) is 6.54 Å². The number of para-hydroxylation sites is 1. The van der Waals surface area contributed by atoms with Crippen molar-refractivity contribution in [2.24, 2.45) is 0 Å². The van der Waals surface area contributed by atoms with Gasteiger partial charge in [0.25, 0.3) is 5.69 Å². The average Bonchev–Trinajstić information content (AvgIpc) is 2.46. The predicted molar refractivity (Wildman–Crippen MR) is 78.4 cm³/mol. The molecule has 110 valence electrons. The summed E-state index contributed by atoms with van der Waals surface area (Å²) in [4.78, 5) is 10.3. The molecular weight excluding hydrogens is 299 g/mol. The fourth-order valence-electron chi connectivity index (χ4n) is 1.87. The minimum Gasteiger partial charge on any atom is -0.496 e. The van der Waals surface area contributed by atoms with E-state index in [-0.39, 0.29) is 22.9 Å². The maximum absolute atomic E-state index is 13.7. The number of nitrogens with one attached hydrogen (secondary N) is 1. The Morgan fingerprint density at radius 2 is 2.14 bits per heavy atom. The van der Waals surface area contributed by atoms with E-state index in [1.54, 1.807) is 6.07 Å². The molecule has 21 heavy (non-hydrogen) atoms. The number of methoxy groups -OCH3 is 1. The Balaban J connectivity index is 2.26. The zero-order valence-electron chi connectivity index (χ0n) is 11.1. The van der Waals surface area contributed by atoms with Gasteiger partial charge >= 0.3 is 0 Å². The van der Waals surface area contributed by atoms with Gasteiger partial charge in [-0.1, -0.05) is 17.7 Å². The summed E-state index contributed by atoms with van der Waals surface area (Å²) < 4.78 is 18.8. The van der Waals surface area contributed by atoms with Gasteiger partial charge in [0.1, 0.15) is 11.6 Å². The first-order chi connectivity index (χ1) is 10.0. The highest BCUT2D eigenvalue weighted by Crippen LogP contribution is 2.28. The molecular formula is C14H12ClFN2O3. The lowest BCUT2D eigenvalue weighted by atomic mass is 10.1. The van der Waals surface area contributed by atoms with Crippen LogP contribution >= 0.6 is 11.6 Å². The highest BCUT2D eigenvalue weighted by Gasteiger charge is 2.13. The van der Waals surface area contributed by atoms with Crippen LogP contribution in [0.4, 0.5) is 15.8 Å². The normalized spacial score (nSPS) is 10.2. The van der Waals surface area contributed by atoms with Crippen LogP contribution in [0.25, 0.3) is 0 Å². The highest BCUT2D eigenvalue weighted by atomic mass is 35.5. The molecule has 2 aromatic rings. The van der Waals surface area contributed by atoms with Gasteiger partial charge in [-0.05, 0) is 18.2 Å². The van der Waals surface area contributed by atoms with Crippen LogP contribution in [0.15, 0.2) is 36.4 Å². The third-order valence-corrected chi connectivity index (χ3v) is 3.21. The molecule has 0 amide bonds. The van der Waals surface area contributed by atoms with E-state index in [9.17, 15) is 14.5 Å². The van der Waals surface area contributed by atoms with E-state index in [1.165, 1.54) is 37.4 Å². The second-order valence-electron chi connectivity index (χ2n) is 4.20. The number of nitro groups is 1. The van der Waals surface area contributed by atoms with Gasteiger partial charge in [-0.3, -0.25) is 10.1 Å². The summed E-state index contributed by atoms with van der Waals surface area (Å²) in [5, 5.41) is 13.9. The molecule has 0 unspecified atom stereocenters. The van der Waals surface area contributed by atoms with E-state index in [1.807, 2.05) is 0 Å². The number of ether oxygens (including phenoxy) is 1. The van der Waals surface area contributed by atoms with E-state index >= 15 is 0 Å². The first-order valence-corrected chi connectivity index (χ1v) is 6.40. The van der Waals surface area contributed by atoms with Crippen LogP contribution < -0.4 is 10.1 Å². The molecule has 0 atom stereocenters. The molecule has 2 aromatic carbocycles. The zero-order chi connectivity index (χ0) is 15.4. The van der Waals surface area contributed by atoms with Gasteiger partial charge in [-0.2, -0.15) is 0 Å². The number of halogens is 2. The lowest BCUT2D eigenvalue weighted by molar-refractivity contribution is -0.384. The van der Waals surface area contributed by atoms with Crippen LogP contribution in [0.5, 0.6) is 5.75 Å². The summed E-state index contributed by atoms with van der Waals surface area (Å²) in [5.41, 5.74) is 0.617. The molecule has 7 heteroatoms. The van der Waals surface area contributed by atoms with Gasteiger partial charge in [0.15, 0.2) is 0 Å². The van der Waals surface area contributed by atoms with E-state index in [0.29, 0.717) is 11.3 Å². The summed E-state index contributed by atoms with van der Waals surface area (Å²) in [6, 6.07) is 8.55. The summed E-state index contributed by atoms with van der Waals surface area (Å²) in [6.45, 7) is 0.144. The van der Waals surface area contributed by atoms with Gasteiger partial charge in [0, 0.05) is 24.2 Å². The Labute approximate surface area is 125 Å². The minimum atomic E-state index is -0.501. The van der Waals surface area contributed by atoms with E-state index in [4.69, 9.17) is 16.3 Å². The van der Waals surface area contributed by atoms with Crippen LogP contribution in [0.3, 0.4) is 0 Å². The van der Waals surface area contributed by atoms with Gasteiger partial charge < -0.3 is 10.1 Å². The highest BCUT2D eigenvalue weighted by molar-refractivity contribution is 6.33. The van der Waals surface area contributed by atoms with E-state index in [2.05, 4.69) is 5.32 Å². The molecule has 1 N–H and O–H groups in total. The molecule has 0 saturated heterocycles. The molecule has 0 aliphatic rings. The molecule has 0 heterocycles. The van der Waals surface area contributed by atoms with Gasteiger partial charge in [0.2, 0.25) is 0 Å². The predicted octanol–water partition coefficient (Wildman–Crippen LogP) is 4.01. The number of nitro benzene ring substituents is 1. The number of non-ortho nitro benzene ring substituents is 1. The van der Waals surface area contributed by atoms with Crippen molar-refractivity contribution in [3.8, 4) is 5.75 Å². The molecule has 0 fully saturated rings. The van der Waals surface area contributed by atoms with Crippen LogP contribution in [0, 0.1) is 15.9 Å². The first kappa shape index (κ1) is 15.1. The molecule has 0 bridgehead atoms. The third kappa shape index (κ3) is 3.41. The van der Waals surface area contributed by atoms with Crippen molar-refractivity contribution in [3.05, 3.63) is 62.9 Å². The molecule has 0 aromatic heterocycles. The quantitative estimate of drug-likeness (QED) is 0.669. The van der Waals surface area contributed by atoms with Crippen molar-refractivity contribution in [3.63, 3.8) is 0 Å². The molecule has 0 radical (unpaired) electrons. The fourth-order valence-corrected chi connectivity index (χ4v) is 2.10. The molecule has 0 aliphatic heterocycles. The number of hydrogen-bond acceptors (Lipinski definition) is 4. The molecule has 5 nitrogen and oxygen atoms in total. The van der Waals surface area contributed by atoms with Gasteiger partial charge in [-0.15, -0.1) is 0 Å². The van der Waals surface area contributed by atoms with E-state index in [0.717, 1.165) is 0 Å². The second kappa shape index (κ2) is 6.41. The lowest BCUT2D eigenvalue weighted by Gasteiger charge is -2.12. The largest absolute Gasteiger partial charge is 0.496 e. The minimum absolute atomic E-state index is 0.0627. The lowest BCUT2D eigenvalue weighted by Crippen LogP contribution is -2.04. The van der Waals surface area contributed by atoms with Crippen LogP contribution in [-0.2, 0) is 6.54 Å². The first-order valence-electron chi connectivity index (χ1n) is 6.02. The van der Waals surface area contributed by atoms with Crippen LogP contribution in [0.2, 0.25) is 5.02 Å². The molecule has 2 rings (SSSR count).